The molecule has 1 rings (SSSR count). The smallest absolute Gasteiger partial charge is 0.291 e. The lowest BCUT2D eigenvalue weighted by atomic mass is 9.99. The third-order valence-electron chi connectivity index (χ3n) is 2.38. The lowest BCUT2D eigenvalue weighted by Crippen LogP contribution is -2.56. The van der Waals surface area contributed by atoms with Crippen LogP contribution in [0.25, 0.3) is 0 Å². The quantitative estimate of drug-likeness (QED) is 0.594. The molecule has 0 aliphatic carbocycles. The van der Waals surface area contributed by atoms with Crippen LogP contribution in [0, 0.1) is 0 Å². The predicted molar refractivity (Wildman–Crippen MR) is 56.0 cm³/mol. The Bertz CT molecular complexity index is 483. The van der Waals surface area contributed by atoms with Gasteiger partial charge in [0.25, 0.3) is 0 Å². The van der Waals surface area contributed by atoms with Gasteiger partial charge in [-0.15, -0.1) is 11.6 Å². The Hall–Kier alpha value is -1.31. The Balaban J connectivity index is 3.13. The van der Waals surface area contributed by atoms with Crippen LogP contribution < -0.4 is 0 Å². The molecule has 0 saturated carbocycles. The van der Waals surface area contributed by atoms with Crippen molar-refractivity contribution in [2.75, 3.05) is 0 Å². The van der Waals surface area contributed by atoms with E-state index in [1.807, 2.05) is 0 Å². The zero-order chi connectivity index (χ0) is 15.8. The van der Waals surface area contributed by atoms with Gasteiger partial charge in [0.1, 0.15) is 5.38 Å². The number of hydrogen-bond acceptors (Lipinski definition) is 1. The molecule has 0 N–H and O–H groups in total. The highest BCUT2D eigenvalue weighted by Gasteiger charge is 2.76. The molecular weight excluding hydrogens is 317 g/mol. The molecule has 0 saturated heterocycles. The van der Waals surface area contributed by atoms with E-state index in [9.17, 15) is 35.5 Å². The minimum Gasteiger partial charge on any atom is -0.291 e. The third-order valence-corrected chi connectivity index (χ3v) is 2.83. The van der Waals surface area contributed by atoms with E-state index in [0.29, 0.717) is 0 Å². The van der Waals surface area contributed by atoms with Gasteiger partial charge in [0, 0.05) is 0 Å². The number of Topliss-reactive ketones (excluding diaryl/α,β-unsaturated/α-hetero) is 1. The monoisotopic (exact) mass is 322 g/mol. The fourth-order valence-electron chi connectivity index (χ4n) is 1.27. The van der Waals surface area contributed by atoms with Crippen molar-refractivity contribution in [3.05, 3.63) is 35.9 Å². The first kappa shape index (κ1) is 16.7. The average molecular weight is 323 g/mol. The molecule has 0 bridgehead atoms. The molecule has 0 amide bonds. The van der Waals surface area contributed by atoms with Crippen LogP contribution in [0.3, 0.4) is 0 Å². The number of hydrogen-bond donors (Lipinski definition) is 0. The molecule has 20 heavy (non-hydrogen) atoms. The van der Waals surface area contributed by atoms with Crippen LogP contribution in [0.15, 0.2) is 30.3 Å². The number of carbonyl (C=O) groups is 1. The first-order valence-corrected chi connectivity index (χ1v) is 5.42. The van der Waals surface area contributed by atoms with Crippen LogP contribution in [0.4, 0.5) is 30.7 Å². The van der Waals surface area contributed by atoms with Crippen LogP contribution in [0.2, 0.25) is 0 Å². The molecule has 0 aromatic heterocycles. The second-order valence-electron chi connectivity index (χ2n) is 3.78. The molecule has 112 valence electrons. The van der Waals surface area contributed by atoms with Crippen molar-refractivity contribution in [2.45, 2.75) is 23.4 Å². The lowest BCUT2D eigenvalue weighted by molar-refractivity contribution is -0.343. The highest BCUT2D eigenvalue weighted by atomic mass is 35.5. The molecule has 1 unspecified atom stereocenters. The van der Waals surface area contributed by atoms with Gasteiger partial charge in [-0.1, -0.05) is 30.3 Å². The third kappa shape index (κ3) is 2.74. The Kier molecular flexibility index (Phi) is 4.38. The number of ketones is 1. The molecule has 0 radical (unpaired) electrons. The predicted octanol–water partition coefficient (Wildman–Crippen LogP) is 4.37. The Morgan fingerprint density at radius 3 is 1.80 bits per heavy atom. The summed E-state index contributed by atoms with van der Waals surface area (Å²) in [4.78, 5) is 11.2. The van der Waals surface area contributed by atoms with Crippen molar-refractivity contribution in [3.8, 4) is 0 Å². The van der Waals surface area contributed by atoms with E-state index in [1.54, 1.807) is 0 Å². The first-order chi connectivity index (χ1) is 8.93. The fourth-order valence-corrected chi connectivity index (χ4v) is 1.55. The topological polar surface area (TPSA) is 17.1 Å². The molecule has 1 aromatic rings. The summed E-state index contributed by atoms with van der Waals surface area (Å²) in [6.45, 7) is 0. The molecule has 1 nitrogen and oxygen atoms in total. The number of halogens is 8. The zero-order valence-electron chi connectivity index (χ0n) is 9.40. The van der Waals surface area contributed by atoms with Crippen molar-refractivity contribution in [1.29, 1.82) is 0 Å². The van der Waals surface area contributed by atoms with Gasteiger partial charge in [0.2, 0.25) is 5.78 Å². The van der Waals surface area contributed by atoms with Gasteiger partial charge in [-0.2, -0.15) is 30.7 Å². The van der Waals surface area contributed by atoms with E-state index in [0.717, 1.165) is 12.1 Å². The summed E-state index contributed by atoms with van der Waals surface area (Å²) >= 11 is 5.27. The van der Waals surface area contributed by atoms with Gasteiger partial charge in [-0.05, 0) is 5.56 Å². The molecule has 0 aliphatic heterocycles. The normalized spacial score (nSPS) is 15.0. The highest BCUT2D eigenvalue weighted by molar-refractivity contribution is 6.32. The molecule has 0 heterocycles. The van der Waals surface area contributed by atoms with Crippen molar-refractivity contribution in [3.63, 3.8) is 0 Å². The summed E-state index contributed by atoms with van der Waals surface area (Å²) in [6, 6.07) is 6.05. The van der Waals surface area contributed by atoms with E-state index < -0.39 is 29.2 Å². The first-order valence-electron chi connectivity index (χ1n) is 4.98. The lowest BCUT2D eigenvalue weighted by Gasteiger charge is -2.28. The molecule has 0 spiro atoms. The van der Waals surface area contributed by atoms with E-state index >= 15 is 0 Å². The van der Waals surface area contributed by atoms with E-state index in [4.69, 9.17) is 11.6 Å². The van der Waals surface area contributed by atoms with Gasteiger partial charge >= 0.3 is 18.0 Å². The minimum atomic E-state index is -6.57. The summed E-state index contributed by atoms with van der Waals surface area (Å²) in [5.74, 6) is -15.2. The SMILES string of the molecule is O=C(C(Cl)c1ccccc1)C(F)(F)C(F)(F)C(F)(F)F. The van der Waals surface area contributed by atoms with Gasteiger partial charge in [-0.25, -0.2) is 0 Å². The highest BCUT2D eigenvalue weighted by Crippen LogP contribution is 2.49. The number of rotatable bonds is 4. The summed E-state index contributed by atoms with van der Waals surface area (Å²) in [5, 5.41) is -2.32. The van der Waals surface area contributed by atoms with E-state index in [-0.39, 0.29) is 5.56 Å². The van der Waals surface area contributed by atoms with Crippen LogP contribution in [0.5, 0.6) is 0 Å². The fraction of sp³-hybridized carbons (Fsp3) is 0.364. The molecular formula is C11H6ClF7O. The van der Waals surface area contributed by atoms with Crippen LogP contribution in [-0.2, 0) is 4.79 Å². The number of alkyl halides is 8. The van der Waals surface area contributed by atoms with Crippen LogP contribution >= 0.6 is 11.6 Å². The van der Waals surface area contributed by atoms with Crippen molar-refractivity contribution >= 4 is 17.4 Å². The van der Waals surface area contributed by atoms with Gasteiger partial charge < -0.3 is 0 Å². The standard InChI is InChI=1S/C11H6ClF7O/c12-7(6-4-2-1-3-5-6)8(20)9(13,14)10(15,16)11(17,18)19/h1-5,7H. The van der Waals surface area contributed by atoms with Crippen molar-refractivity contribution in [1.82, 2.24) is 0 Å². The minimum absolute atomic E-state index is 0.309. The van der Waals surface area contributed by atoms with E-state index in [1.165, 1.54) is 18.2 Å². The second-order valence-corrected chi connectivity index (χ2v) is 4.22. The zero-order valence-corrected chi connectivity index (χ0v) is 10.2. The van der Waals surface area contributed by atoms with Crippen LogP contribution in [-0.4, -0.2) is 23.8 Å². The largest absolute Gasteiger partial charge is 0.460 e. The number of benzene rings is 1. The summed E-state index contributed by atoms with van der Waals surface area (Å²) in [6.07, 6.45) is -6.57. The molecule has 0 fully saturated rings. The summed E-state index contributed by atoms with van der Waals surface area (Å²) in [7, 11) is 0. The van der Waals surface area contributed by atoms with Crippen molar-refractivity contribution < 1.29 is 35.5 Å². The summed E-state index contributed by atoms with van der Waals surface area (Å²) < 4.78 is 87.4. The van der Waals surface area contributed by atoms with Gasteiger partial charge in [0.15, 0.2) is 0 Å². The maximum absolute atomic E-state index is 13.1. The Morgan fingerprint density at radius 2 is 1.40 bits per heavy atom. The molecule has 9 heteroatoms. The van der Waals surface area contributed by atoms with Crippen molar-refractivity contribution in [2.24, 2.45) is 0 Å². The molecule has 0 aliphatic rings. The maximum atomic E-state index is 13.1. The Morgan fingerprint density at radius 1 is 0.950 bits per heavy atom. The van der Waals surface area contributed by atoms with Gasteiger partial charge in [0.05, 0.1) is 0 Å². The average Bonchev–Trinajstić information content (AvgIpc) is 2.36. The van der Waals surface area contributed by atoms with E-state index in [2.05, 4.69) is 0 Å². The number of carbonyl (C=O) groups excluding carboxylic acids is 1. The summed E-state index contributed by atoms with van der Waals surface area (Å²) in [5.41, 5.74) is -0.309. The molecule has 1 atom stereocenters. The molecule has 1 aromatic carbocycles. The van der Waals surface area contributed by atoms with Gasteiger partial charge in [-0.3, -0.25) is 4.79 Å². The Labute approximate surface area is 113 Å². The maximum Gasteiger partial charge on any atom is 0.460 e. The second kappa shape index (κ2) is 5.23. The van der Waals surface area contributed by atoms with Crippen LogP contribution in [0.1, 0.15) is 10.9 Å².